The van der Waals surface area contributed by atoms with Gasteiger partial charge in [-0.25, -0.2) is 0 Å². The molecule has 2 heteroatoms. The molecule has 2 nitrogen and oxygen atoms in total. The summed E-state index contributed by atoms with van der Waals surface area (Å²) in [6.07, 6.45) is 4.28. The van der Waals surface area contributed by atoms with Gasteiger partial charge in [0.15, 0.2) is 0 Å². The molecule has 0 N–H and O–H groups in total. The van der Waals surface area contributed by atoms with E-state index in [-0.39, 0.29) is 0 Å². The van der Waals surface area contributed by atoms with Gasteiger partial charge in [0.2, 0.25) is 0 Å². The predicted octanol–water partition coefficient (Wildman–Crippen LogP) is 0.814. The highest BCUT2D eigenvalue weighted by Crippen LogP contribution is 2.23. The Balaban J connectivity index is 2.10. The average molecular weight is 139 g/mol. The summed E-state index contributed by atoms with van der Waals surface area (Å²) < 4.78 is 0. The Morgan fingerprint density at radius 2 is 2.10 bits per heavy atom. The molecule has 0 unspecified atom stereocenters. The van der Waals surface area contributed by atoms with Crippen LogP contribution in [0.25, 0.3) is 0 Å². The van der Waals surface area contributed by atoms with Crippen LogP contribution >= 0.6 is 0 Å². The van der Waals surface area contributed by atoms with E-state index in [2.05, 4.69) is 4.90 Å². The Bertz CT molecular complexity index is 155. The number of Topliss-reactive ketones (excluding diaryl/α,β-unsaturated/α-hetero) is 1. The smallest absolute Gasteiger partial charge is 0.150 e. The van der Waals surface area contributed by atoms with E-state index in [4.69, 9.17) is 0 Å². The topological polar surface area (TPSA) is 20.3 Å². The van der Waals surface area contributed by atoms with E-state index < -0.39 is 0 Å². The zero-order chi connectivity index (χ0) is 6.97. The highest BCUT2D eigenvalue weighted by Gasteiger charge is 2.32. The first-order chi connectivity index (χ1) is 4.88. The van der Waals surface area contributed by atoms with Crippen molar-refractivity contribution in [3.8, 4) is 0 Å². The third-order valence-electron chi connectivity index (χ3n) is 2.60. The Morgan fingerprint density at radius 1 is 1.30 bits per heavy atom. The Hall–Kier alpha value is -0.370. The van der Waals surface area contributed by atoms with Gasteiger partial charge in [-0.2, -0.15) is 0 Å². The van der Waals surface area contributed by atoms with Crippen LogP contribution in [0.3, 0.4) is 0 Å². The monoisotopic (exact) mass is 139 g/mol. The summed E-state index contributed by atoms with van der Waals surface area (Å²) in [4.78, 5) is 13.6. The van der Waals surface area contributed by atoms with E-state index in [0.29, 0.717) is 11.8 Å². The Labute approximate surface area is 61.2 Å². The molecule has 0 aromatic rings. The SMILES string of the molecule is O=C1CCCN2CCC[C@H]12. The Kier molecular flexibility index (Phi) is 1.49. The second-order valence-corrected chi connectivity index (χ2v) is 3.26. The third-order valence-corrected chi connectivity index (χ3v) is 2.60. The molecule has 0 radical (unpaired) electrons. The van der Waals surface area contributed by atoms with Gasteiger partial charge in [0, 0.05) is 6.42 Å². The second kappa shape index (κ2) is 2.35. The summed E-state index contributed by atoms with van der Waals surface area (Å²) >= 11 is 0. The minimum absolute atomic E-state index is 0.328. The van der Waals surface area contributed by atoms with Crippen molar-refractivity contribution in [2.75, 3.05) is 13.1 Å². The summed E-state index contributed by atoms with van der Waals surface area (Å²) in [5.74, 6) is 0.490. The average Bonchev–Trinajstić information content (AvgIpc) is 2.36. The lowest BCUT2D eigenvalue weighted by molar-refractivity contribution is -0.125. The first-order valence-corrected chi connectivity index (χ1v) is 4.15. The van der Waals surface area contributed by atoms with Crippen molar-refractivity contribution < 1.29 is 4.79 Å². The molecule has 0 aliphatic carbocycles. The molecule has 0 spiro atoms. The van der Waals surface area contributed by atoms with Crippen LogP contribution < -0.4 is 0 Å². The van der Waals surface area contributed by atoms with Crippen molar-refractivity contribution in [1.29, 1.82) is 0 Å². The molecule has 0 amide bonds. The predicted molar refractivity (Wildman–Crippen MR) is 38.8 cm³/mol. The molecule has 2 rings (SSSR count). The number of rotatable bonds is 0. The van der Waals surface area contributed by atoms with Gasteiger partial charge >= 0.3 is 0 Å². The number of carbonyl (C=O) groups is 1. The molecule has 0 saturated carbocycles. The van der Waals surface area contributed by atoms with Gasteiger partial charge in [-0.3, -0.25) is 9.69 Å². The first-order valence-electron chi connectivity index (χ1n) is 4.15. The van der Waals surface area contributed by atoms with Crippen molar-refractivity contribution in [2.45, 2.75) is 31.7 Å². The molecular weight excluding hydrogens is 126 g/mol. The van der Waals surface area contributed by atoms with Gasteiger partial charge < -0.3 is 0 Å². The number of ketones is 1. The minimum Gasteiger partial charge on any atom is -0.298 e. The fraction of sp³-hybridized carbons (Fsp3) is 0.875. The van der Waals surface area contributed by atoms with Crippen LogP contribution in [-0.4, -0.2) is 29.8 Å². The van der Waals surface area contributed by atoms with E-state index in [9.17, 15) is 4.79 Å². The van der Waals surface area contributed by atoms with Gasteiger partial charge in [-0.1, -0.05) is 0 Å². The lowest BCUT2D eigenvalue weighted by Crippen LogP contribution is -2.40. The number of hydrogen-bond donors (Lipinski definition) is 0. The minimum atomic E-state index is 0.328. The molecule has 2 saturated heterocycles. The summed E-state index contributed by atoms with van der Waals surface area (Å²) in [7, 11) is 0. The fourth-order valence-corrected chi connectivity index (χ4v) is 2.08. The lowest BCUT2D eigenvalue weighted by atomic mass is 10.0. The van der Waals surface area contributed by atoms with Crippen molar-refractivity contribution in [3.05, 3.63) is 0 Å². The standard InChI is InChI=1S/C8H13NO/c10-8-4-2-6-9-5-1-3-7(8)9/h7H,1-6H2/t7-/m1/s1. The van der Waals surface area contributed by atoms with Gasteiger partial charge in [0.25, 0.3) is 0 Å². The molecule has 2 heterocycles. The molecule has 0 aromatic heterocycles. The molecule has 2 fully saturated rings. The van der Waals surface area contributed by atoms with E-state index in [1.807, 2.05) is 0 Å². The normalized spacial score (nSPS) is 34.4. The second-order valence-electron chi connectivity index (χ2n) is 3.26. The third kappa shape index (κ3) is 0.870. The van der Waals surface area contributed by atoms with Crippen LogP contribution in [0.1, 0.15) is 25.7 Å². The van der Waals surface area contributed by atoms with Gasteiger partial charge in [-0.05, 0) is 32.4 Å². The van der Waals surface area contributed by atoms with Crippen molar-refractivity contribution in [1.82, 2.24) is 4.90 Å². The van der Waals surface area contributed by atoms with Crippen LogP contribution in [-0.2, 0) is 4.79 Å². The van der Waals surface area contributed by atoms with Gasteiger partial charge in [-0.15, -0.1) is 0 Å². The quantitative estimate of drug-likeness (QED) is 0.495. The van der Waals surface area contributed by atoms with Gasteiger partial charge in [0.1, 0.15) is 5.78 Å². The van der Waals surface area contributed by atoms with Crippen LogP contribution in [0.2, 0.25) is 0 Å². The molecule has 2 aliphatic rings. The van der Waals surface area contributed by atoms with E-state index in [1.165, 1.54) is 6.42 Å². The van der Waals surface area contributed by atoms with E-state index in [0.717, 1.165) is 32.4 Å². The van der Waals surface area contributed by atoms with E-state index in [1.54, 1.807) is 0 Å². The number of carbonyl (C=O) groups excluding carboxylic acids is 1. The summed E-state index contributed by atoms with van der Waals surface area (Å²) in [6.45, 7) is 2.33. The number of nitrogens with zero attached hydrogens (tertiary/aromatic N) is 1. The highest BCUT2D eigenvalue weighted by atomic mass is 16.1. The summed E-state index contributed by atoms with van der Waals surface area (Å²) in [5.41, 5.74) is 0. The maximum absolute atomic E-state index is 11.2. The molecule has 10 heavy (non-hydrogen) atoms. The fourth-order valence-electron chi connectivity index (χ4n) is 2.08. The van der Waals surface area contributed by atoms with Crippen LogP contribution in [0.5, 0.6) is 0 Å². The van der Waals surface area contributed by atoms with Crippen molar-refractivity contribution in [2.24, 2.45) is 0 Å². The molecule has 1 atom stereocenters. The molecular formula is C8H13NO. The molecule has 0 aromatic carbocycles. The maximum Gasteiger partial charge on any atom is 0.150 e. The van der Waals surface area contributed by atoms with Gasteiger partial charge in [0.05, 0.1) is 6.04 Å². The first kappa shape index (κ1) is 6.35. The van der Waals surface area contributed by atoms with E-state index >= 15 is 0 Å². The maximum atomic E-state index is 11.2. The largest absolute Gasteiger partial charge is 0.298 e. The van der Waals surface area contributed by atoms with Crippen LogP contribution in [0, 0.1) is 0 Å². The number of piperidine rings is 1. The molecule has 56 valence electrons. The Morgan fingerprint density at radius 3 is 2.90 bits per heavy atom. The van der Waals surface area contributed by atoms with Crippen molar-refractivity contribution >= 4 is 5.78 Å². The van der Waals surface area contributed by atoms with Crippen LogP contribution in [0.15, 0.2) is 0 Å². The van der Waals surface area contributed by atoms with Crippen molar-refractivity contribution in [3.63, 3.8) is 0 Å². The number of hydrogen-bond acceptors (Lipinski definition) is 2. The van der Waals surface area contributed by atoms with Crippen LogP contribution in [0.4, 0.5) is 0 Å². The molecule has 2 aliphatic heterocycles. The lowest BCUT2D eigenvalue weighted by Gasteiger charge is -2.27. The zero-order valence-electron chi connectivity index (χ0n) is 6.18. The summed E-state index contributed by atoms with van der Waals surface area (Å²) in [6, 6.07) is 0.328. The highest BCUT2D eigenvalue weighted by molar-refractivity contribution is 5.84. The zero-order valence-corrected chi connectivity index (χ0v) is 6.18. The summed E-state index contributed by atoms with van der Waals surface area (Å²) in [5, 5.41) is 0. The number of fused-ring (bicyclic) bond motifs is 1. The molecule has 0 bridgehead atoms.